The maximum Gasteiger partial charge on any atom is 0.290 e. The van der Waals surface area contributed by atoms with Crippen LogP contribution < -0.4 is 10.9 Å². The molecule has 0 unspecified atom stereocenters. The lowest BCUT2D eigenvalue weighted by molar-refractivity contribution is -0.123. The maximum atomic E-state index is 8.36. The van der Waals surface area contributed by atoms with Crippen LogP contribution in [0.4, 0.5) is 0 Å². The normalized spacial score (nSPS) is 11.0. The van der Waals surface area contributed by atoms with Crippen molar-refractivity contribution in [2.75, 3.05) is 33.2 Å². The molecule has 0 aromatic rings. The molecule has 0 fully saturated rings. The van der Waals surface area contributed by atoms with Crippen LogP contribution in [0.25, 0.3) is 0 Å². The van der Waals surface area contributed by atoms with Gasteiger partial charge in [0.25, 0.3) is 12.9 Å². The summed E-state index contributed by atoms with van der Waals surface area (Å²) in [7, 11) is 1.99. The Morgan fingerprint density at radius 3 is 0.942 bits per heavy atom. The molecule has 0 aliphatic carbocycles. The second-order valence-corrected chi connectivity index (χ2v) is 15.4. The molecule has 0 saturated carbocycles. The molecular formula is C45H95N3O4. The Hall–Kier alpha value is -1.18. The number of nitrogens with zero attached hydrogens (tertiary/aromatic N) is 1. The molecule has 0 atom stereocenters. The predicted molar refractivity (Wildman–Crippen MR) is 228 cm³/mol. The van der Waals surface area contributed by atoms with Crippen molar-refractivity contribution >= 4 is 12.9 Å². The van der Waals surface area contributed by atoms with Crippen LogP contribution in [0.15, 0.2) is 0 Å². The van der Waals surface area contributed by atoms with E-state index in [1.54, 1.807) is 0 Å². The number of hydrazine groups is 1. The van der Waals surface area contributed by atoms with Crippen molar-refractivity contribution in [1.82, 2.24) is 15.8 Å². The molecule has 0 spiro atoms. The summed E-state index contributed by atoms with van der Waals surface area (Å²) >= 11 is 0. The van der Waals surface area contributed by atoms with Gasteiger partial charge in [-0.25, -0.2) is 0 Å². The molecule has 0 aliphatic heterocycles. The number of hydrogen-bond acceptors (Lipinski definition) is 5. The topological polar surface area (TPSA) is 102 Å². The quantitative estimate of drug-likeness (QED) is 0.0281. The molecule has 0 aromatic heterocycles. The van der Waals surface area contributed by atoms with Gasteiger partial charge >= 0.3 is 0 Å². The van der Waals surface area contributed by atoms with Crippen LogP contribution in [0, 0.1) is 5.92 Å². The first-order valence-corrected chi connectivity index (χ1v) is 22.9. The fourth-order valence-electron chi connectivity index (χ4n) is 7.36. The van der Waals surface area contributed by atoms with E-state index in [4.69, 9.17) is 19.8 Å². The van der Waals surface area contributed by atoms with Gasteiger partial charge in [0.05, 0.1) is 0 Å². The zero-order valence-electron chi connectivity index (χ0n) is 35.8. The van der Waals surface area contributed by atoms with Crippen molar-refractivity contribution in [2.24, 2.45) is 5.92 Å². The van der Waals surface area contributed by atoms with Gasteiger partial charge in [-0.15, -0.1) is 0 Å². The third-order valence-corrected chi connectivity index (χ3v) is 10.6. The average Bonchev–Trinajstić information content (AvgIpc) is 3.14. The minimum atomic E-state index is -0.250. The summed E-state index contributed by atoms with van der Waals surface area (Å²) in [6.45, 7) is 11.3. The summed E-state index contributed by atoms with van der Waals surface area (Å²) in [4.78, 5) is 19.5. The van der Waals surface area contributed by atoms with E-state index in [2.05, 4.69) is 36.5 Å². The van der Waals surface area contributed by atoms with E-state index in [9.17, 15) is 0 Å². The Balaban J connectivity index is -0.00000371. The third kappa shape index (κ3) is 53.2. The maximum absolute atomic E-state index is 8.36. The summed E-state index contributed by atoms with van der Waals surface area (Å²) in [6.07, 6.45) is 49.4. The first kappa shape index (κ1) is 55.2. The molecule has 0 radical (unpaired) electrons. The molecule has 0 aromatic carbocycles. The lowest BCUT2D eigenvalue weighted by atomic mass is 9.89. The summed E-state index contributed by atoms with van der Waals surface area (Å²) in [5.41, 5.74) is 6.43. The van der Waals surface area contributed by atoms with Gasteiger partial charge in [0, 0.05) is 13.1 Å². The first-order chi connectivity index (χ1) is 25.6. The van der Waals surface area contributed by atoms with Gasteiger partial charge in [-0.2, -0.15) is 0 Å². The van der Waals surface area contributed by atoms with Gasteiger partial charge in [0.1, 0.15) is 0 Å². The van der Waals surface area contributed by atoms with Crippen LogP contribution in [0.3, 0.4) is 0 Å². The molecule has 4 N–H and O–H groups in total. The van der Waals surface area contributed by atoms with Crippen molar-refractivity contribution in [3.05, 3.63) is 0 Å². The fourth-order valence-corrected chi connectivity index (χ4v) is 7.36. The Morgan fingerprint density at radius 1 is 0.423 bits per heavy atom. The number of unbranched alkanes of at least 4 members (excludes halogenated alkanes) is 27. The summed E-state index contributed by atoms with van der Waals surface area (Å²) in [6, 6.07) is 0. The van der Waals surface area contributed by atoms with Crippen molar-refractivity contribution < 1.29 is 19.8 Å². The molecule has 0 rings (SSSR count). The zero-order chi connectivity index (χ0) is 38.9. The molecule has 0 saturated heterocycles. The highest BCUT2D eigenvalue weighted by Gasteiger charge is 2.09. The second kappa shape index (κ2) is 54.2. The Bertz CT molecular complexity index is 603. The summed E-state index contributed by atoms with van der Waals surface area (Å²) in [5, 5.41) is 13.8. The molecule has 0 bridgehead atoms. The molecular weight excluding hydrogens is 647 g/mol. The van der Waals surface area contributed by atoms with E-state index in [1.165, 1.54) is 238 Å². The van der Waals surface area contributed by atoms with Crippen LogP contribution >= 0.6 is 0 Å². The third-order valence-electron chi connectivity index (χ3n) is 10.6. The lowest BCUT2D eigenvalue weighted by Crippen LogP contribution is -2.38. The minimum Gasteiger partial charge on any atom is -0.483 e. The molecule has 0 heterocycles. The van der Waals surface area contributed by atoms with E-state index in [1.807, 2.05) is 7.05 Å². The molecule has 7 heteroatoms. The van der Waals surface area contributed by atoms with E-state index >= 15 is 0 Å². The molecule has 7 nitrogen and oxygen atoms in total. The smallest absolute Gasteiger partial charge is 0.290 e. The largest absolute Gasteiger partial charge is 0.483 e. The molecule has 0 amide bonds. The summed E-state index contributed by atoms with van der Waals surface area (Å²) in [5.74, 6) is 1.01. The van der Waals surface area contributed by atoms with Crippen molar-refractivity contribution in [3.63, 3.8) is 0 Å². The molecule has 52 heavy (non-hydrogen) atoms. The minimum absolute atomic E-state index is 0.250. The fraction of sp³-hybridized carbons (Fsp3) is 0.956. The van der Waals surface area contributed by atoms with Gasteiger partial charge in [0.2, 0.25) is 0 Å². The van der Waals surface area contributed by atoms with Crippen molar-refractivity contribution in [3.8, 4) is 0 Å². The van der Waals surface area contributed by atoms with Crippen LogP contribution in [-0.4, -0.2) is 61.3 Å². The van der Waals surface area contributed by atoms with Crippen LogP contribution in [0.2, 0.25) is 0 Å². The number of carbonyl (C=O) groups is 2. The number of rotatable bonds is 41. The highest BCUT2D eigenvalue weighted by molar-refractivity contribution is 5.33. The van der Waals surface area contributed by atoms with Gasteiger partial charge in [-0.05, 0) is 38.9 Å². The van der Waals surface area contributed by atoms with E-state index in [0.717, 1.165) is 12.5 Å². The number of hydrogen-bond donors (Lipinski definition) is 4. The van der Waals surface area contributed by atoms with Gasteiger partial charge in [-0.1, -0.05) is 226 Å². The zero-order valence-corrected chi connectivity index (χ0v) is 35.8. The SMILES string of the molecule is CCCCCCCCCCCCCCCCN(CCCCCCCC(CCCCCCCC)CCCCCCCC)CCNNC.O=CO.O=CO. The van der Waals surface area contributed by atoms with E-state index in [0.29, 0.717) is 0 Å². The first-order valence-electron chi connectivity index (χ1n) is 22.9. The van der Waals surface area contributed by atoms with Gasteiger partial charge in [-0.3, -0.25) is 20.4 Å². The Labute approximate surface area is 326 Å². The average molecular weight is 742 g/mol. The van der Waals surface area contributed by atoms with Crippen LogP contribution in [-0.2, 0) is 9.59 Å². The van der Waals surface area contributed by atoms with E-state index in [-0.39, 0.29) is 12.9 Å². The van der Waals surface area contributed by atoms with E-state index < -0.39 is 0 Å². The van der Waals surface area contributed by atoms with Gasteiger partial charge < -0.3 is 15.1 Å². The van der Waals surface area contributed by atoms with Crippen molar-refractivity contribution in [2.45, 2.75) is 239 Å². The predicted octanol–water partition coefficient (Wildman–Crippen LogP) is 13.4. The highest BCUT2D eigenvalue weighted by Crippen LogP contribution is 2.25. The Kier molecular flexibility index (Phi) is 57.5. The number of nitrogens with one attached hydrogen (secondary N) is 2. The summed E-state index contributed by atoms with van der Waals surface area (Å²) < 4.78 is 0. The standard InChI is InChI=1S/C43H91N3.2CH2O2/c1-5-8-11-14-17-18-19-20-21-22-23-24-29-34-40-46(42-39-45-44-4)41-35-30-25-28-33-38-43(36-31-26-15-12-9-6-2)37-32-27-16-13-10-7-3;2*2-1-3/h43-45H,5-42H2,1-4H3;2*1H,(H,2,3). The number of carboxylic acid groups (broad SMARTS) is 2. The molecule has 314 valence electrons. The highest BCUT2D eigenvalue weighted by atomic mass is 16.3. The van der Waals surface area contributed by atoms with Crippen LogP contribution in [0.1, 0.15) is 239 Å². The Morgan fingerprint density at radius 2 is 0.673 bits per heavy atom. The lowest BCUT2D eigenvalue weighted by Gasteiger charge is -2.22. The van der Waals surface area contributed by atoms with Crippen LogP contribution in [0.5, 0.6) is 0 Å². The van der Waals surface area contributed by atoms with Crippen molar-refractivity contribution in [1.29, 1.82) is 0 Å². The second-order valence-electron chi connectivity index (χ2n) is 15.4. The molecule has 0 aliphatic rings. The van der Waals surface area contributed by atoms with Gasteiger partial charge in [0.15, 0.2) is 0 Å². The monoisotopic (exact) mass is 742 g/mol.